The van der Waals surface area contributed by atoms with Gasteiger partial charge in [-0.1, -0.05) is 0 Å². The van der Waals surface area contributed by atoms with Crippen molar-refractivity contribution in [3.05, 3.63) is 27.8 Å². The van der Waals surface area contributed by atoms with E-state index in [1.54, 1.807) is 26.3 Å². The molecule has 2 rings (SSSR count). The van der Waals surface area contributed by atoms with Gasteiger partial charge in [-0.3, -0.25) is 4.79 Å². The van der Waals surface area contributed by atoms with Crippen molar-refractivity contribution < 1.29 is 9.90 Å². The van der Waals surface area contributed by atoms with Crippen LogP contribution in [0.4, 0.5) is 0 Å². The lowest BCUT2D eigenvalue weighted by Crippen LogP contribution is -2.13. The second kappa shape index (κ2) is 4.81. The fraction of sp³-hybridized carbons (Fsp3) is 0.333. The van der Waals surface area contributed by atoms with Gasteiger partial charge in [0, 0.05) is 22.3 Å². The minimum absolute atomic E-state index is 0.549. The molecule has 6 heteroatoms. The van der Waals surface area contributed by atoms with Gasteiger partial charge in [-0.25, -0.2) is 15.0 Å². The average Bonchev–Trinajstić information content (AvgIpc) is 2.80. The maximum absolute atomic E-state index is 11.1. The van der Waals surface area contributed by atoms with Crippen LogP contribution in [0.3, 0.4) is 0 Å². The Morgan fingerprint density at radius 2 is 1.94 bits per heavy atom. The molecule has 0 saturated carbocycles. The van der Waals surface area contributed by atoms with Crippen LogP contribution in [0.1, 0.15) is 29.8 Å². The molecule has 0 radical (unpaired) electrons. The van der Waals surface area contributed by atoms with Crippen LogP contribution in [0.5, 0.6) is 0 Å². The van der Waals surface area contributed by atoms with Crippen LogP contribution in [0, 0.1) is 13.8 Å². The molecule has 0 aliphatic heterocycles. The molecule has 0 amide bonds. The smallest absolute Gasteiger partial charge is 0.310 e. The average molecular weight is 263 g/mol. The number of carboxylic acid groups (broad SMARTS) is 1. The molecule has 0 aliphatic rings. The summed E-state index contributed by atoms with van der Waals surface area (Å²) in [5.74, 6) is -0.923. The first-order valence-corrected chi connectivity index (χ1v) is 6.41. The zero-order valence-corrected chi connectivity index (χ0v) is 11.2. The Balaban J connectivity index is 2.51. The van der Waals surface area contributed by atoms with Gasteiger partial charge in [0.25, 0.3) is 0 Å². The normalized spacial score (nSPS) is 12.4. The molecule has 2 aromatic rings. The topological polar surface area (TPSA) is 76.0 Å². The monoisotopic (exact) mass is 263 g/mol. The van der Waals surface area contributed by atoms with Crippen molar-refractivity contribution in [2.75, 3.05) is 0 Å². The van der Waals surface area contributed by atoms with Gasteiger partial charge in [0.15, 0.2) is 5.82 Å². The molecule has 0 aliphatic carbocycles. The largest absolute Gasteiger partial charge is 0.481 e. The van der Waals surface area contributed by atoms with Gasteiger partial charge in [0.2, 0.25) is 0 Å². The van der Waals surface area contributed by atoms with Gasteiger partial charge in [-0.2, -0.15) is 0 Å². The van der Waals surface area contributed by atoms with E-state index >= 15 is 0 Å². The van der Waals surface area contributed by atoms with Crippen LogP contribution >= 0.6 is 11.3 Å². The van der Waals surface area contributed by atoms with E-state index < -0.39 is 11.9 Å². The lowest BCUT2D eigenvalue weighted by Gasteiger charge is -2.13. The van der Waals surface area contributed by atoms with Gasteiger partial charge in [-0.05, 0) is 20.8 Å². The van der Waals surface area contributed by atoms with E-state index in [4.69, 9.17) is 5.11 Å². The van der Waals surface area contributed by atoms with Gasteiger partial charge in [-0.15, -0.1) is 11.3 Å². The highest BCUT2D eigenvalue weighted by atomic mass is 32.1. The summed E-state index contributed by atoms with van der Waals surface area (Å²) in [6.45, 7) is 5.25. The summed E-state index contributed by atoms with van der Waals surface area (Å²) >= 11 is 1.48. The highest BCUT2D eigenvalue weighted by Gasteiger charge is 2.21. The molecule has 0 spiro atoms. The third kappa shape index (κ3) is 2.24. The van der Waals surface area contributed by atoms with E-state index in [0.29, 0.717) is 22.8 Å². The Hall–Kier alpha value is -1.82. The molecule has 1 atom stereocenters. The number of thiazole rings is 1. The lowest BCUT2D eigenvalue weighted by molar-refractivity contribution is -0.138. The highest BCUT2D eigenvalue weighted by Crippen LogP contribution is 2.24. The van der Waals surface area contributed by atoms with E-state index in [1.807, 2.05) is 5.38 Å². The summed E-state index contributed by atoms with van der Waals surface area (Å²) in [7, 11) is 0. The lowest BCUT2D eigenvalue weighted by atomic mass is 9.98. The Bertz CT molecular complexity index is 558. The van der Waals surface area contributed by atoms with Gasteiger partial charge < -0.3 is 5.11 Å². The Morgan fingerprint density at radius 3 is 2.39 bits per heavy atom. The molecule has 0 aromatic carbocycles. The SMILES string of the molecule is Cc1nc(-c2cscn2)nc(C)c1C(C)C(=O)O. The van der Waals surface area contributed by atoms with Crippen molar-refractivity contribution in [1.82, 2.24) is 15.0 Å². The molecule has 2 heterocycles. The van der Waals surface area contributed by atoms with Crippen LogP contribution < -0.4 is 0 Å². The van der Waals surface area contributed by atoms with Crippen molar-refractivity contribution in [2.45, 2.75) is 26.7 Å². The molecule has 0 saturated heterocycles. The molecular weight excluding hydrogens is 250 g/mol. The second-order valence-corrected chi connectivity index (χ2v) is 4.78. The molecule has 1 unspecified atom stereocenters. The minimum atomic E-state index is -0.869. The Morgan fingerprint density at radius 1 is 1.33 bits per heavy atom. The summed E-state index contributed by atoms with van der Waals surface area (Å²) in [6.07, 6.45) is 0. The quantitative estimate of drug-likeness (QED) is 0.920. The number of rotatable bonds is 3. The number of aliphatic carboxylic acids is 1. The van der Waals surface area contributed by atoms with Crippen molar-refractivity contribution >= 4 is 17.3 Å². The third-order valence-corrected chi connectivity index (χ3v) is 3.38. The zero-order chi connectivity index (χ0) is 13.3. The highest BCUT2D eigenvalue weighted by molar-refractivity contribution is 7.07. The van der Waals surface area contributed by atoms with Crippen LogP contribution in [-0.4, -0.2) is 26.0 Å². The van der Waals surface area contributed by atoms with E-state index in [2.05, 4.69) is 15.0 Å². The second-order valence-electron chi connectivity index (χ2n) is 4.07. The number of hydrogen-bond donors (Lipinski definition) is 1. The first kappa shape index (κ1) is 12.6. The summed E-state index contributed by atoms with van der Waals surface area (Å²) < 4.78 is 0. The zero-order valence-electron chi connectivity index (χ0n) is 10.3. The Kier molecular flexibility index (Phi) is 3.38. The van der Waals surface area contributed by atoms with E-state index in [9.17, 15) is 4.79 Å². The van der Waals surface area contributed by atoms with Crippen LogP contribution in [0.2, 0.25) is 0 Å². The standard InChI is InChI=1S/C12H13N3O2S/c1-6(12(16)17)10-7(2)14-11(15-8(10)3)9-4-18-5-13-9/h4-6H,1-3H3,(H,16,17). The number of aromatic nitrogens is 3. The van der Waals surface area contributed by atoms with Gasteiger partial charge in [0.1, 0.15) is 5.69 Å². The summed E-state index contributed by atoms with van der Waals surface area (Å²) in [6, 6.07) is 0. The van der Waals surface area contributed by atoms with Crippen molar-refractivity contribution in [3.8, 4) is 11.5 Å². The summed E-state index contributed by atoms with van der Waals surface area (Å²) in [5.41, 5.74) is 4.51. The molecule has 0 bridgehead atoms. The van der Waals surface area contributed by atoms with Gasteiger partial charge >= 0.3 is 5.97 Å². The van der Waals surface area contributed by atoms with Crippen LogP contribution in [0.15, 0.2) is 10.9 Å². The molecule has 2 aromatic heterocycles. The first-order chi connectivity index (χ1) is 8.50. The number of carbonyl (C=O) groups is 1. The number of hydrogen-bond acceptors (Lipinski definition) is 5. The van der Waals surface area contributed by atoms with Crippen LogP contribution in [0.25, 0.3) is 11.5 Å². The van der Waals surface area contributed by atoms with E-state index in [-0.39, 0.29) is 0 Å². The van der Waals surface area contributed by atoms with Crippen molar-refractivity contribution in [2.24, 2.45) is 0 Å². The van der Waals surface area contributed by atoms with Crippen LogP contribution in [-0.2, 0) is 4.79 Å². The summed E-state index contributed by atoms with van der Waals surface area (Å²) in [5, 5.41) is 10.9. The first-order valence-electron chi connectivity index (χ1n) is 5.47. The molecular formula is C12H13N3O2S. The molecule has 18 heavy (non-hydrogen) atoms. The van der Waals surface area contributed by atoms with Crippen molar-refractivity contribution in [1.29, 1.82) is 0 Å². The Labute approximate surface area is 109 Å². The predicted molar refractivity (Wildman–Crippen MR) is 68.7 cm³/mol. The number of nitrogens with zero attached hydrogens (tertiary/aromatic N) is 3. The van der Waals surface area contributed by atoms with Crippen molar-refractivity contribution in [3.63, 3.8) is 0 Å². The molecule has 94 valence electrons. The minimum Gasteiger partial charge on any atom is -0.481 e. The van der Waals surface area contributed by atoms with Gasteiger partial charge in [0.05, 0.1) is 11.4 Å². The molecule has 1 N–H and O–H groups in total. The maximum Gasteiger partial charge on any atom is 0.310 e. The molecule has 5 nitrogen and oxygen atoms in total. The maximum atomic E-state index is 11.1. The fourth-order valence-electron chi connectivity index (χ4n) is 1.91. The molecule has 0 fully saturated rings. The van der Waals surface area contributed by atoms with E-state index in [0.717, 1.165) is 5.69 Å². The number of aryl methyl sites for hydroxylation is 2. The summed E-state index contributed by atoms with van der Waals surface area (Å²) in [4.78, 5) is 23.9. The predicted octanol–water partition coefficient (Wildman–Crippen LogP) is 2.41. The third-order valence-electron chi connectivity index (χ3n) is 2.79. The fourth-order valence-corrected chi connectivity index (χ4v) is 2.44. The number of carboxylic acids is 1. The van der Waals surface area contributed by atoms with E-state index in [1.165, 1.54) is 11.3 Å².